The summed E-state index contributed by atoms with van der Waals surface area (Å²) in [5, 5.41) is 7.98. The van der Waals surface area contributed by atoms with Crippen molar-refractivity contribution in [3.8, 4) is 12.3 Å². The number of terminal acetylenes is 1. The molecule has 3 amide bonds. The number of carbonyl (C=O) groups is 2. The summed E-state index contributed by atoms with van der Waals surface area (Å²) in [5.74, 6) is 2.14. The second-order valence-corrected chi connectivity index (χ2v) is 4.54. The van der Waals surface area contributed by atoms with Crippen LogP contribution in [0.3, 0.4) is 0 Å². The van der Waals surface area contributed by atoms with E-state index >= 15 is 0 Å². The van der Waals surface area contributed by atoms with Gasteiger partial charge in [0.1, 0.15) is 0 Å². The van der Waals surface area contributed by atoms with E-state index in [0.717, 1.165) is 6.08 Å². The highest BCUT2D eigenvalue weighted by atomic mass is 16.2. The molecule has 5 nitrogen and oxygen atoms in total. The molecule has 0 aliphatic rings. The van der Waals surface area contributed by atoms with Crippen LogP contribution in [0.1, 0.15) is 5.56 Å². The van der Waals surface area contributed by atoms with Crippen LogP contribution >= 0.6 is 0 Å². The van der Waals surface area contributed by atoms with E-state index in [2.05, 4.69) is 28.4 Å². The average Bonchev–Trinajstić information content (AvgIpc) is 2.56. The van der Waals surface area contributed by atoms with Gasteiger partial charge in [-0.05, 0) is 36.4 Å². The lowest BCUT2D eigenvalue weighted by Crippen LogP contribution is -2.20. The molecule has 2 aromatic carbocycles. The fourth-order valence-corrected chi connectivity index (χ4v) is 1.86. The summed E-state index contributed by atoms with van der Waals surface area (Å²) < 4.78 is 0. The second-order valence-electron chi connectivity index (χ2n) is 4.54. The smallest absolute Gasteiger partial charge is 0.321 e. The summed E-state index contributed by atoms with van der Waals surface area (Å²) in [6, 6.07) is 13.3. The number of hydrogen-bond donors (Lipinski definition) is 3. The number of amides is 3. The predicted molar refractivity (Wildman–Crippen MR) is 92.3 cm³/mol. The Kier molecular flexibility index (Phi) is 5.16. The Hall–Kier alpha value is -3.52. The molecular weight excluding hydrogens is 290 g/mol. The van der Waals surface area contributed by atoms with Crippen LogP contribution in [0, 0.1) is 12.3 Å². The van der Waals surface area contributed by atoms with E-state index in [1.807, 2.05) is 0 Å². The normalized spacial score (nSPS) is 9.35. The highest BCUT2D eigenvalue weighted by Crippen LogP contribution is 2.21. The molecular formula is C18H15N3O2. The lowest BCUT2D eigenvalue weighted by Gasteiger charge is -2.12. The van der Waals surface area contributed by atoms with Crippen LogP contribution in [0.5, 0.6) is 0 Å². The Bertz CT molecular complexity index is 791. The first-order valence-electron chi connectivity index (χ1n) is 6.79. The standard InChI is InChI=1S/C18H15N3O2/c1-3-13-8-7-9-14(12-13)19-18(23)21-16-11-6-5-10-15(16)20-17(22)4-2/h1,4-12H,2H2,(H,20,22)(H2,19,21,23). The van der Waals surface area contributed by atoms with E-state index in [1.165, 1.54) is 0 Å². The van der Waals surface area contributed by atoms with E-state index in [1.54, 1.807) is 48.5 Å². The van der Waals surface area contributed by atoms with Crippen molar-refractivity contribution in [1.29, 1.82) is 0 Å². The van der Waals surface area contributed by atoms with E-state index in [9.17, 15) is 9.59 Å². The van der Waals surface area contributed by atoms with Crippen LogP contribution in [-0.4, -0.2) is 11.9 Å². The van der Waals surface area contributed by atoms with Crippen molar-refractivity contribution >= 4 is 29.0 Å². The maximum absolute atomic E-state index is 12.1. The maximum Gasteiger partial charge on any atom is 0.323 e. The Labute approximate surface area is 134 Å². The molecule has 0 saturated heterocycles. The Morgan fingerprint density at radius 1 is 1.00 bits per heavy atom. The molecule has 2 rings (SSSR count). The molecule has 23 heavy (non-hydrogen) atoms. The zero-order chi connectivity index (χ0) is 16.7. The van der Waals surface area contributed by atoms with Crippen LogP contribution in [0.15, 0.2) is 61.2 Å². The molecule has 114 valence electrons. The maximum atomic E-state index is 12.1. The van der Waals surface area contributed by atoms with Gasteiger partial charge >= 0.3 is 6.03 Å². The molecule has 0 saturated carbocycles. The van der Waals surface area contributed by atoms with Crippen molar-refractivity contribution in [2.75, 3.05) is 16.0 Å². The molecule has 0 aromatic heterocycles. The topological polar surface area (TPSA) is 70.2 Å². The Balaban J connectivity index is 2.09. The Morgan fingerprint density at radius 2 is 1.70 bits per heavy atom. The van der Waals surface area contributed by atoms with Gasteiger partial charge < -0.3 is 16.0 Å². The van der Waals surface area contributed by atoms with E-state index in [0.29, 0.717) is 22.6 Å². The summed E-state index contributed by atoms with van der Waals surface area (Å²) in [5.41, 5.74) is 2.19. The van der Waals surface area contributed by atoms with Gasteiger partial charge in [-0.15, -0.1) is 6.42 Å². The van der Waals surface area contributed by atoms with Crippen LogP contribution in [-0.2, 0) is 4.79 Å². The van der Waals surface area contributed by atoms with Gasteiger partial charge in [-0.3, -0.25) is 4.79 Å². The molecule has 0 radical (unpaired) electrons. The first-order valence-corrected chi connectivity index (χ1v) is 6.79. The number of carbonyl (C=O) groups excluding carboxylic acids is 2. The number of nitrogens with one attached hydrogen (secondary N) is 3. The fraction of sp³-hybridized carbons (Fsp3) is 0. The Morgan fingerprint density at radius 3 is 2.35 bits per heavy atom. The number of rotatable bonds is 4. The second kappa shape index (κ2) is 7.48. The third kappa shape index (κ3) is 4.48. The molecule has 5 heteroatoms. The van der Waals surface area contributed by atoms with Gasteiger partial charge in [0.25, 0.3) is 0 Å². The summed E-state index contributed by atoms with van der Waals surface area (Å²) in [7, 11) is 0. The molecule has 3 N–H and O–H groups in total. The van der Waals surface area contributed by atoms with Gasteiger partial charge in [0.05, 0.1) is 11.4 Å². The monoisotopic (exact) mass is 305 g/mol. The van der Waals surface area contributed by atoms with Gasteiger partial charge in [0, 0.05) is 11.3 Å². The molecule has 0 aliphatic carbocycles. The lowest BCUT2D eigenvalue weighted by molar-refractivity contribution is -0.111. The first-order chi connectivity index (χ1) is 11.1. The molecule has 0 heterocycles. The molecule has 0 aliphatic heterocycles. The van der Waals surface area contributed by atoms with Crippen molar-refractivity contribution in [2.45, 2.75) is 0 Å². The number of hydrogen-bond acceptors (Lipinski definition) is 2. The van der Waals surface area contributed by atoms with Crippen LogP contribution < -0.4 is 16.0 Å². The molecule has 2 aromatic rings. The number of urea groups is 1. The van der Waals surface area contributed by atoms with Gasteiger partial charge in [0.2, 0.25) is 5.91 Å². The third-order valence-electron chi connectivity index (χ3n) is 2.91. The summed E-state index contributed by atoms with van der Waals surface area (Å²) in [6.45, 7) is 3.39. The first kappa shape index (κ1) is 15.9. The van der Waals surface area contributed by atoms with Crippen molar-refractivity contribution in [3.05, 3.63) is 66.7 Å². The van der Waals surface area contributed by atoms with E-state index in [4.69, 9.17) is 6.42 Å². The molecule has 0 atom stereocenters. The van der Waals surface area contributed by atoms with Gasteiger partial charge in [-0.1, -0.05) is 30.7 Å². The fourth-order valence-electron chi connectivity index (χ4n) is 1.86. The SMILES string of the molecule is C#Cc1cccc(NC(=O)Nc2ccccc2NC(=O)C=C)c1. The van der Waals surface area contributed by atoms with Crippen molar-refractivity contribution < 1.29 is 9.59 Å². The minimum absolute atomic E-state index is 0.360. The summed E-state index contributed by atoms with van der Waals surface area (Å²) >= 11 is 0. The van der Waals surface area contributed by atoms with Gasteiger partial charge in [0.15, 0.2) is 0 Å². The van der Waals surface area contributed by atoms with Crippen LogP contribution in [0.2, 0.25) is 0 Å². The number of anilines is 3. The highest BCUT2D eigenvalue weighted by Gasteiger charge is 2.08. The van der Waals surface area contributed by atoms with Crippen molar-refractivity contribution in [2.24, 2.45) is 0 Å². The number of para-hydroxylation sites is 2. The molecule has 0 unspecified atom stereocenters. The molecule has 0 bridgehead atoms. The summed E-state index contributed by atoms with van der Waals surface area (Å²) in [6.07, 6.45) is 6.48. The minimum Gasteiger partial charge on any atom is -0.321 e. The largest absolute Gasteiger partial charge is 0.323 e. The quantitative estimate of drug-likeness (QED) is 0.598. The predicted octanol–water partition coefficient (Wildman–Crippen LogP) is 3.44. The minimum atomic E-state index is -0.445. The van der Waals surface area contributed by atoms with Gasteiger partial charge in [-0.25, -0.2) is 4.79 Å². The third-order valence-corrected chi connectivity index (χ3v) is 2.91. The van der Waals surface area contributed by atoms with Crippen molar-refractivity contribution in [1.82, 2.24) is 0 Å². The highest BCUT2D eigenvalue weighted by molar-refractivity contribution is 6.05. The van der Waals surface area contributed by atoms with Gasteiger partial charge in [-0.2, -0.15) is 0 Å². The molecule has 0 spiro atoms. The summed E-state index contributed by atoms with van der Waals surface area (Å²) in [4.78, 5) is 23.5. The van der Waals surface area contributed by atoms with Crippen molar-refractivity contribution in [3.63, 3.8) is 0 Å². The number of benzene rings is 2. The lowest BCUT2D eigenvalue weighted by atomic mass is 10.2. The average molecular weight is 305 g/mol. The van der Waals surface area contributed by atoms with E-state index in [-0.39, 0.29) is 5.91 Å². The van der Waals surface area contributed by atoms with Crippen LogP contribution in [0.25, 0.3) is 0 Å². The zero-order valence-corrected chi connectivity index (χ0v) is 12.3. The zero-order valence-electron chi connectivity index (χ0n) is 12.3. The van der Waals surface area contributed by atoms with Crippen LogP contribution in [0.4, 0.5) is 21.9 Å². The molecule has 0 fully saturated rings. The van der Waals surface area contributed by atoms with E-state index < -0.39 is 6.03 Å².